The van der Waals surface area contributed by atoms with Gasteiger partial charge in [0.05, 0.1) is 31.9 Å². The standard InChI is InChI=1S/C26H34F3N3O5/c1-17(25(35)37-3)31-24(34)20(14-18-10-6-4-7-11-18)30-15-22(33)23(26(27,28)29)32-21(16-36-2)19-12-8-5-9-13-19/h4-13,17,20-23,30,32-33H,14-16H2,1-3H3,(H,31,34)/t17-,20-,21-,22-,23+/m0/s1. The first-order valence-electron chi connectivity index (χ1n) is 11.8. The van der Waals surface area contributed by atoms with E-state index in [4.69, 9.17) is 4.74 Å². The number of nitrogens with one attached hydrogen (secondary N) is 3. The van der Waals surface area contributed by atoms with Gasteiger partial charge in [-0.05, 0) is 24.5 Å². The van der Waals surface area contributed by atoms with Crippen molar-refractivity contribution in [2.75, 3.05) is 27.4 Å². The smallest absolute Gasteiger partial charge is 0.406 e. The molecule has 8 nitrogen and oxygen atoms in total. The van der Waals surface area contributed by atoms with Crippen LogP contribution in [0.4, 0.5) is 13.2 Å². The summed E-state index contributed by atoms with van der Waals surface area (Å²) in [5, 5.41) is 18.3. The van der Waals surface area contributed by atoms with Crippen molar-refractivity contribution in [3.63, 3.8) is 0 Å². The third-order valence-corrected chi connectivity index (χ3v) is 5.74. The van der Waals surface area contributed by atoms with E-state index in [2.05, 4.69) is 20.7 Å². The van der Waals surface area contributed by atoms with Crippen LogP contribution in [0, 0.1) is 0 Å². The minimum absolute atomic E-state index is 0.0544. The van der Waals surface area contributed by atoms with Crippen LogP contribution in [0.2, 0.25) is 0 Å². The Morgan fingerprint density at radius 1 is 1.00 bits per heavy atom. The molecule has 0 aromatic heterocycles. The van der Waals surface area contributed by atoms with E-state index in [0.29, 0.717) is 5.56 Å². The van der Waals surface area contributed by atoms with Crippen LogP contribution in [0.15, 0.2) is 60.7 Å². The highest BCUT2D eigenvalue weighted by Gasteiger charge is 2.45. The maximum absolute atomic E-state index is 14.0. The molecule has 0 bridgehead atoms. The Morgan fingerprint density at radius 3 is 2.14 bits per heavy atom. The number of hydrogen-bond donors (Lipinski definition) is 4. The van der Waals surface area contributed by atoms with Crippen LogP contribution in [-0.2, 0) is 25.5 Å². The van der Waals surface area contributed by atoms with Gasteiger partial charge in [-0.3, -0.25) is 10.1 Å². The molecular formula is C26H34F3N3O5. The summed E-state index contributed by atoms with van der Waals surface area (Å²) in [6.07, 6.45) is -6.61. The zero-order valence-corrected chi connectivity index (χ0v) is 21.0. The number of benzene rings is 2. The molecule has 2 aromatic carbocycles. The summed E-state index contributed by atoms with van der Waals surface area (Å²) in [5.74, 6) is -1.29. The number of ether oxygens (including phenoxy) is 2. The number of esters is 1. The summed E-state index contributed by atoms with van der Waals surface area (Å²) in [6, 6.07) is 12.2. The molecule has 5 atom stereocenters. The van der Waals surface area contributed by atoms with Crippen LogP contribution in [-0.4, -0.2) is 74.8 Å². The number of carbonyl (C=O) groups excluding carboxylic acids is 2. The molecule has 4 N–H and O–H groups in total. The Hall–Kier alpha value is -2.99. The molecule has 2 aromatic rings. The zero-order chi connectivity index (χ0) is 27.4. The summed E-state index contributed by atoms with van der Waals surface area (Å²) >= 11 is 0. The van der Waals surface area contributed by atoms with E-state index in [1.54, 1.807) is 60.7 Å². The number of methoxy groups -OCH3 is 2. The van der Waals surface area contributed by atoms with E-state index < -0.39 is 54.9 Å². The number of alkyl halides is 3. The number of halogens is 3. The molecule has 0 fully saturated rings. The highest BCUT2D eigenvalue weighted by atomic mass is 19.4. The van der Waals surface area contributed by atoms with Gasteiger partial charge in [0.25, 0.3) is 0 Å². The van der Waals surface area contributed by atoms with Gasteiger partial charge < -0.3 is 25.2 Å². The lowest BCUT2D eigenvalue weighted by Crippen LogP contribution is -2.58. The van der Waals surface area contributed by atoms with E-state index in [1.807, 2.05) is 0 Å². The van der Waals surface area contributed by atoms with Crippen LogP contribution in [0.25, 0.3) is 0 Å². The molecule has 0 radical (unpaired) electrons. The molecule has 1 amide bonds. The van der Waals surface area contributed by atoms with E-state index in [1.165, 1.54) is 21.1 Å². The number of aliphatic hydroxyl groups is 1. The number of aliphatic hydroxyl groups excluding tert-OH is 1. The Balaban J connectivity index is 2.18. The van der Waals surface area contributed by atoms with Gasteiger partial charge in [-0.2, -0.15) is 13.2 Å². The second kappa shape index (κ2) is 14.7. The lowest BCUT2D eigenvalue weighted by Gasteiger charge is -2.32. The van der Waals surface area contributed by atoms with Gasteiger partial charge in [-0.15, -0.1) is 0 Å². The third kappa shape index (κ3) is 9.77. The number of amides is 1. The summed E-state index contributed by atoms with van der Waals surface area (Å²) in [6.45, 7) is 0.825. The topological polar surface area (TPSA) is 109 Å². The van der Waals surface area contributed by atoms with Crippen molar-refractivity contribution >= 4 is 11.9 Å². The zero-order valence-electron chi connectivity index (χ0n) is 21.0. The lowest BCUT2D eigenvalue weighted by molar-refractivity contribution is -0.180. The van der Waals surface area contributed by atoms with Gasteiger partial charge in [0.15, 0.2) is 0 Å². The van der Waals surface area contributed by atoms with Crippen LogP contribution in [0.5, 0.6) is 0 Å². The van der Waals surface area contributed by atoms with Gasteiger partial charge in [-0.1, -0.05) is 60.7 Å². The molecule has 0 spiro atoms. The van der Waals surface area contributed by atoms with Crippen LogP contribution >= 0.6 is 0 Å². The fourth-order valence-electron chi connectivity index (χ4n) is 3.77. The normalized spacial score (nSPS) is 15.8. The predicted molar refractivity (Wildman–Crippen MR) is 132 cm³/mol. The first-order chi connectivity index (χ1) is 17.6. The van der Waals surface area contributed by atoms with Gasteiger partial charge >= 0.3 is 12.1 Å². The Kier molecular flexibility index (Phi) is 12.0. The number of rotatable bonds is 14. The van der Waals surface area contributed by atoms with Crippen molar-refractivity contribution < 1.29 is 37.3 Å². The van der Waals surface area contributed by atoms with Crippen molar-refractivity contribution in [3.8, 4) is 0 Å². The van der Waals surface area contributed by atoms with E-state index in [9.17, 15) is 27.9 Å². The molecular weight excluding hydrogens is 491 g/mol. The van der Waals surface area contributed by atoms with Crippen LogP contribution in [0.1, 0.15) is 24.1 Å². The maximum atomic E-state index is 14.0. The van der Waals surface area contributed by atoms with Gasteiger partial charge in [0.2, 0.25) is 5.91 Å². The van der Waals surface area contributed by atoms with Gasteiger partial charge in [-0.25, -0.2) is 4.79 Å². The molecule has 2 rings (SSSR count). The second-order valence-electron chi connectivity index (χ2n) is 8.58. The molecule has 204 valence electrons. The number of carbonyl (C=O) groups is 2. The average molecular weight is 526 g/mol. The van der Waals surface area contributed by atoms with Crippen molar-refractivity contribution in [1.29, 1.82) is 0 Å². The summed E-state index contributed by atoms with van der Waals surface area (Å²) in [4.78, 5) is 24.6. The highest BCUT2D eigenvalue weighted by Crippen LogP contribution is 2.26. The first kappa shape index (κ1) is 30.2. The molecule has 11 heteroatoms. The average Bonchev–Trinajstić information content (AvgIpc) is 2.88. The molecule has 0 saturated heterocycles. The van der Waals surface area contributed by atoms with Gasteiger partial charge in [0.1, 0.15) is 12.1 Å². The Morgan fingerprint density at radius 2 is 1.59 bits per heavy atom. The quantitative estimate of drug-likeness (QED) is 0.280. The maximum Gasteiger partial charge on any atom is 0.406 e. The van der Waals surface area contributed by atoms with Crippen molar-refractivity contribution in [1.82, 2.24) is 16.0 Å². The van der Waals surface area contributed by atoms with E-state index in [-0.39, 0.29) is 13.0 Å². The van der Waals surface area contributed by atoms with Gasteiger partial charge in [0, 0.05) is 13.7 Å². The second-order valence-corrected chi connectivity index (χ2v) is 8.58. The molecule has 0 unspecified atom stereocenters. The number of hydrogen-bond acceptors (Lipinski definition) is 7. The minimum Gasteiger partial charge on any atom is -0.467 e. The lowest BCUT2D eigenvalue weighted by atomic mass is 10.0. The molecule has 0 aliphatic rings. The molecule has 37 heavy (non-hydrogen) atoms. The Bertz CT molecular complexity index is 963. The Labute approximate surface area is 214 Å². The first-order valence-corrected chi connectivity index (χ1v) is 11.8. The SMILES string of the molecule is COC[C@H](N[C@H]([C@@H](O)CN[C@@H](Cc1ccccc1)C(=O)N[C@@H](C)C(=O)OC)C(F)(F)F)c1ccccc1. The summed E-state index contributed by atoms with van der Waals surface area (Å²) in [5.41, 5.74) is 1.31. The summed E-state index contributed by atoms with van der Waals surface area (Å²) < 4.78 is 51.7. The fraction of sp³-hybridized carbons (Fsp3) is 0.462. The minimum atomic E-state index is -4.79. The molecule has 0 heterocycles. The predicted octanol–water partition coefficient (Wildman–Crippen LogP) is 2.13. The third-order valence-electron chi connectivity index (χ3n) is 5.74. The van der Waals surface area contributed by atoms with Crippen molar-refractivity contribution in [3.05, 3.63) is 71.8 Å². The monoisotopic (exact) mass is 525 g/mol. The van der Waals surface area contributed by atoms with Crippen molar-refractivity contribution in [2.45, 2.75) is 49.8 Å². The molecule has 0 aliphatic heterocycles. The largest absolute Gasteiger partial charge is 0.467 e. The van der Waals surface area contributed by atoms with E-state index in [0.717, 1.165) is 5.56 Å². The molecule has 0 aliphatic carbocycles. The van der Waals surface area contributed by atoms with Crippen molar-refractivity contribution in [2.24, 2.45) is 0 Å². The fourth-order valence-corrected chi connectivity index (χ4v) is 3.77. The van der Waals surface area contributed by atoms with Crippen LogP contribution in [0.3, 0.4) is 0 Å². The van der Waals surface area contributed by atoms with E-state index >= 15 is 0 Å². The summed E-state index contributed by atoms with van der Waals surface area (Å²) in [7, 11) is 2.55. The highest BCUT2D eigenvalue weighted by molar-refractivity contribution is 5.87. The van der Waals surface area contributed by atoms with Crippen LogP contribution < -0.4 is 16.0 Å². The molecule has 0 saturated carbocycles.